The van der Waals surface area contributed by atoms with Crippen molar-refractivity contribution in [1.82, 2.24) is 10.7 Å². The average molecular weight is 394 g/mol. The molecule has 27 heavy (non-hydrogen) atoms. The highest BCUT2D eigenvalue weighted by Crippen LogP contribution is 2.34. The summed E-state index contributed by atoms with van der Waals surface area (Å²) in [6.45, 7) is 1.76. The Balaban J connectivity index is 1.89. The van der Waals surface area contributed by atoms with Crippen LogP contribution < -0.4 is 15.5 Å². The van der Waals surface area contributed by atoms with Crippen LogP contribution in [0, 0.1) is 5.82 Å². The van der Waals surface area contributed by atoms with E-state index in [4.69, 9.17) is 16.3 Å². The summed E-state index contributed by atoms with van der Waals surface area (Å²) >= 11 is 5.90. The highest BCUT2D eigenvalue weighted by molar-refractivity contribution is 6.32. The van der Waals surface area contributed by atoms with Gasteiger partial charge in [-0.25, -0.2) is 9.82 Å². The topological polar surface area (TPSA) is 100 Å². The first-order valence-electron chi connectivity index (χ1n) is 7.91. The zero-order chi connectivity index (χ0) is 19.8. The highest BCUT2D eigenvalue weighted by atomic mass is 35.5. The SMILES string of the molecule is CCOc1cc(/C=N/NC(=O)CNC(=O)c2cccc(F)c2)cc(Cl)c1O. The van der Waals surface area contributed by atoms with Gasteiger partial charge in [0, 0.05) is 5.56 Å². The van der Waals surface area contributed by atoms with Crippen molar-refractivity contribution < 1.29 is 23.8 Å². The van der Waals surface area contributed by atoms with E-state index in [0.717, 1.165) is 6.07 Å². The Morgan fingerprint density at radius 1 is 1.33 bits per heavy atom. The molecule has 2 rings (SSSR count). The lowest BCUT2D eigenvalue weighted by Crippen LogP contribution is -2.34. The molecule has 9 heteroatoms. The molecule has 0 saturated carbocycles. The van der Waals surface area contributed by atoms with Crippen LogP contribution >= 0.6 is 11.6 Å². The van der Waals surface area contributed by atoms with E-state index in [1.165, 1.54) is 36.5 Å². The number of ether oxygens (including phenoxy) is 1. The molecule has 0 aliphatic carbocycles. The number of rotatable bonds is 7. The maximum absolute atomic E-state index is 13.1. The second-order valence-electron chi connectivity index (χ2n) is 5.27. The van der Waals surface area contributed by atoms with Crippen molar-refractivity contribution >= 4 is 29.6 Å². The smallest absolute Gasteiger partial charge is 0.259 e. The Hall–Kier alpha value is -3.13. The number of hydrogen-bond donors (Lipinski definition) is 3. The fourth-order valence-corrected chi connectivity index (χ4v) is 2.26. The Morgan fingerprint density at radius 3 is 2.81 bits per heavy atom. The summed E-state index contributed by atoms with van der Waals surface area (Å²) < 4.78 is 18.3. The molecule has 3 N–H and O–H groups in total. The molecule has 0 fully saturated rings. The zero-order valence-corrected chi connectivity index (χ0v) is 15.1. The number of phenolic OH excluding ortho intramolecular Hbond substituents is 1. The van der Waals surface area contributed by atoms with Gasteiger partial charge in [-0.1, -0.05) is 17.7 Å². The summed E-state index contributed by atoms with van der Waals surface area (Å²) in [5.41, 5.74) is 2.83. The number of nitrogens with zero attached hydrogens (tertiary/aromatic N) is 1. The molecule has 0 saturated heterocycles. The van der Waals surface area contributed by atoms with E-state index in [1.54, 1.807) is 6.92 Å². The summed E-state index contributed by atoms with van der Waals surface area (Å²) in [5.74, 6) is -1.69. The summed E-state index contributed by atoms with van der Waals surface area (Å²) in [5, 5.41) is 15.9. The summed E-state index contributed by atoms with van der Waals surface area (Å²) in [7, 11) is 0. The lowest BCUT2D eigenvalue weighted by Gasteiger charge is -2.08. The van der Waals surface area contributed by atoms with Crippen LogP contribution in [0.5, 0.6) is 11.5 Å². The van der Waals surface area contributed by atoms with E-state index in [2.05, 4.69) is 15.8 Å². The maximum Gasteiger partial charge on any atom is 0.259 e. The minimum atomic E-state index is -0.583. The maximum atomic E-state index is 13.1. The molecule has 0 heterocycles. The lowest BCUT2D eigenvalue weighted by atomic mass is 10.2. The van der Waals surface area contributed by atoms with Gasteiger partial charge < -0.3 is 15.2 Å². The standard InChI is InChI=1S/C18H17ClFN3O4/c1-2-27-15-7-11(6-14(19)17(15)25)9-22-23-16(24)10-21-18(26)12-4-3-5-13(20)8-12/h3-9,25H,2,10H2,1H3,(H,21,26)(H,23,24)/b22-9+. The highest BCUT2D eigenvalue weighted by Gasteiger charge is 2.10. The first-order chi connectivity index (χ1) is 12.9. The number of nitrogens with one attached hydrogen (secondary N) is 2. The fraction of sp³-hybridized carbons (Fsp3) is 0.167. The van der Waals surface area contributed by atoms with E-state index in [9.17, 15) is 19.1 Å². The predicted octanol–water partition coefficient (Wildman–Crippen LogP) is 2.46. The molecule has 0 aromatic heterocycles. The molecule has 0 unspecified atom stereocenters. The van der Waals surface area contributed by atoms with Gasteiger partial charge in [0.25, 0.3) is 11.8 Å². The number of aromatic hydroxyl groups is 1. The zero-order valence-electron chi connectivity index (χ0n) is 14.3. The molecule has 0 bridgehead atoms. The van der Waals surface area contributed by atoms with Gasteiger partial charge in [-0.3, -0.25) is 9.59 Å². The fourth-order valence-electron chi connectivity index (χ4n) is 2.04. The van der Waals surface area contributed by atoms with Crippen molar-refractivity contribution in [2.45, 2.75) is 6.92 Å². The molecule has 0 aliphatic heterocycles. The van der Waals surface area contributed by atoms with Crippen molar-refractivity contribution in [2.24, 2.45) is 5.10 Å². The van der Waals surface area contributed by atoms with Crippen molar-refractivity contribution in [1.29, 1.82) is 0 Å². The number of amides is 2. The van der Waals surface area contributed by atoms with Gasteiger partial charge >= 0.3 is 0 Å². The van der Waals surface area contributed by atoms with Crippen LogP contribution in [-0.4, -0.2) is 36.3 Å². The Labute approximate surface area is 159 Å². The van der Waals surface area contributed by atoms with Crippen molar-refractivity contribution in [3.05, 3.63) is 58.4 Å². The van der Waals surface area contributed by atoms with Crippen LogP contribution in [0.2, 0.25) is 5.02 Å². The minimum absolute atomic E-state index is 0.0797. The van der Waals surface area contributed by atoms with Gasteiger partial charge in [-0.15, -0.1) is 0 Å². The number of carbonyl (C=O) groups is 2. The second-order valence-corrected chi connectivity index (χ2v) is 5.68. The summed E-state index contributed by atoms with van der Waals surface area (Å²) in [6.07, 6.45) is 1.31. The van der Waals surface area contributed by atoms with E-state index in [0.29, 0.717) is 12.2 Å². The third kappa shape index (κ3) is 5.96. The van der Waals surface area contributed by atoms with Gasteiger partial charge in [0.2, 0.25) is 0 Å². The van der Waals surface area contributed by atoms with Crippen LogP contribution in [0.4, 0.5) is 4.39 Å². The first kappa shape index (κ1) is 20.2. The summed E-state index contributed by atoms with van der Waals surface area (Å²) in [6, 6.07) is 8.06. The molecular formula is C18H17ClFN3O4. The Bertz CT molecular complexity index is 874. The largest absolute Gasteiger partial charge is 0.503 e. The molecule has 2 aromatic carbocycles. The molecule has 7 nitrogen and oxygen atoms in total. The molecule has 0 aliphatic rings. The number of carbonyl (C=O) groups excluding carboxylic acids is 2. The third-order valence-electron chi connectivity index (χ3n) is 3.25. The van der Waals surface area contributed by atoms with Crippen LogP contribution in [0.3, 0.4) is 0 Å². The Kier molecular flexibility index (Phi) is 7.13. The molecule has 2 aromatic rings. The number of hydrazone groups is 1. The molecule has 0 atom stereocenters. The van der Waals surface area contributed by atoms with Crippen molar-refractivity contribution in [3.8, 4) is 11.5 Å². The van der Waals surface area contributed by atoms with Crippen molar-refractivity contribution in [2.75, 3.05) is 13.2 Å². The molecular weight excluding hydrogens is 377 g/mol. The van der Waals surface area contributed by atoms with Crippen LogP contribution in [0.15, 0.2) is 41.5 Å². The number of phenols is 1. The lowest BCUT2D eigenvalue weighted by molar-refractivity contribution is -0.120. The predicted molar refractivity (Wildman–Crippen MR) is 98.8 cm³/mol. The number of hydrogen-bond acceptors (Lipinski definition) is 5. The van der Waals surface area contributed by atoms with Crippen molar-refractivity contribution in [3.63, 3.8) is 0 Å². The normalized spacial score (nSPS) is 10.6. The molecule has 2 amide bonds. The monoisotopic (exact) mass is 393 g/mol. The Morgan fingerprint density at radius 2 is 2.11 bits per heavy atom. The average Bonchev–Trinajstić information content (AvgIpc) is 2.64. The minimum Gasteiger partial charge on any atom is -0.503 e. The quantitative estimate of drug-likeness (QED) is 0.497. The van der Waals surface area contributed by atoms with Crippen LogP contribution in [0.25, 0.3) is 0 Å². The number of halogens is 2. The molecule has 0 spiro atoms. The van der Waals surface area contributed by atoms with Gasteiger partial charge in [0.05, 0.1) is 24.4 Å². The van der Waals surface area contributed by atoms with Gasteiger partial charge in [-0.05, 0) is 42.8 Å². The van der Waals surface area contributed by atoms with Crippen LogP contribution in [-0.2, 0) is 4.79 Å². The van der Waals surface area contributed by atoms with Crippen LogP contribution in [0.1, 0.15) is 22.8 Å². The van der Waals surface area contributed by atoms with E-state index >= 15 is 0 Å². The third-order valence-corrected chi connectivity index (χ3v) is 3.54. The summed E-state index contributed by atoms with van der Waals surface area (Å²) in [4.78, 5) is 23.5. The number of benzene rings is 2. The van der Waals surface area contributed by atoms with E-state index < -0.39 is 17.6 Å². The van der Waals surface area contributed by atoms with Gasteiger partial charge in [0.1, 0.15) is 5.82 Å². The van der Waals surface area contributed by atoms with Gasteiger partial charge in [-0.2, -0.15) is 5.10 Å². The molecule has 0 radical (unpaired) electrons. The second kappa shape index (κ2) is 9.54. The first-order valence-corrected chi connectivity index (χ1v) is 8.29. The van der Waals surface area contributed by atoms with E-state index in [1.807, 2.05) is 0 Å². The molecule has 142 valence electrons. The van der Waals surface area contributed by atoms with E-state index in [-0.39, 0.29) is 28.6 Å². The van der Waals surface area contributed by atoms with Gasteiger partial charge in [0.15, 0.2) is 11.5 Å².